The number of benzene rings is 3. The lowest BCUT2D eigenvalue weighted by Crippen LogP contribution is -2.49. The van der Waals surface area contributed by atoms with Gasteiger partial charge in [0.05, 0.1) is 40.8 Å². The van der Waals surface area contributed by atoms with Gasteiger partial charge in [-0.05, 0) is 91.9 Å². The maximum atomic E-state index is 15.1. The number of aromatic nitrogens is 2. The van der Waals surface area contributed by atoms with Gasteiger partial charge in [-0.15, -0.1) is 11.3 Å². The van der Waals surface area contributed by atoms with Crippen molar-refractivity contribution in [1.29, 1.82) is 0 Å². The van der Waals surface area contributed by atoms with E-state index in [-0.39, 0.29) is 24.0 Å². The van der Waals surface area contributed by atoms with E-state index in [0.29, 0.717) is 40.0 Å². The van der Waals surface area contributed by atoms with E-state index < -0.39 is 46.8 Å². The predicted octanol–water partition coefficient (Wildman–Crippen LogP) is 7.98. The summed E-state index contributed by atoms with van der Waals surface area (Å²) in [6, 6.07) is 20.0. The predicted molar refractivity (Wildman–Crippen MR) is 211 cm³/mol. The Morgan fingerprint density at radius 2 is 1.73 bits per heavy atom. The van der Waals surface area contributed by atoms with E-state index in [1.807, 2.05) is 62.4 Å². The minimum Gasteiger partial charge on any atom is -0.508 e. The number of halogens is 1. The van der Waals surface area contributed by atoms with Gasteiger partial charge in [0.2, 0.25) is 23.6 Å². The first-order chi connectivity index (χ1) is 26.4. The van der Waals surface area contributed by atoms with Crippen molar-refractivity contribution in [1.82, 2.24) is 9.78 Å². The van der Waals surface area contributed by atoms with Crippen LogP contribution in [0.5, 0.6) is 11.5 Å². The van der Waals surface area contributed by atoms with E-state index in [2.05, 4.69) is 0 Å². The quantitative estimate of drug-likeness (QED) is 0.137. The van der Waals surface area contributed by atoms with Crippen LogP contribution in [0, 0.1) is 36.0 Å². The van der Waals surface area contributed by atoms with Crippen molar-refractivity contribution >= 4 is 68.2 Å². The van der Waals surface area contributed by atoms with Crippen molar-refractivity contribution in [2.75, 3.05) is 16.9 Å². The fourth-order valence-electron chi connectivity index (χ4n) is 9.82. The molecule has 9 rings (SSSR count). The average molecular weight is 775 g/mol. The molecule has 0 spiro atoms. The number of ether oxygens (including phenoxy) is 1. The second-order valence-electron chi connectivity index (χ2n) is 15.3. The van der Waals surface area contributed by atoms with Crippen molar-refractivity contribution < 1.29 is 29.0 Å². The van der Waals surface area contributed by atoms with Gasteiger partial charge in [0.1, 0.15) is 23.0 Å². The summed E-state index contributed by atoms with van der Waals surface area (Å²) in [5, 5.41) is 18.0. The molecule has 4 amide bonds. The van der Waals surface area contributed by atoms with Crippen LogP contribution in [0.25, 0.3) is 20.7 Å². The topological polar surface area (TPSA) is 122 Å². The Bertz CT molecular complexity index is 2520. The molecule has 0 bridgehead atoms. The molecule has 0 unspecified atom stereocenters. The number of fused-ring (bicyclic) bond motifs is 5. The maximum absolute atomic E-state index is 15.1. The van der Waals surface area contributed by atoms with Gasteiger partial charge in [-0.2, -0.15) is 5.10 Å². The fourth-order valence-corrected chi connectivity index (χ4v) is 11.1. The third-order valence-corrected chi connectivity index (χ3v) is 14.2. The summed E-state index contributed by atoms with van der Waals surface area (Å²) in [6.45, 7) is 5.85. The second kappa shape index (κ2) is 12.6. The highest BCUT2D eigenvalue weighted by Crippen LogP contribution is 2.64. The van der Waals surface area contributed by atoms with Crippen LogP contribution >= 0.6 is 22.9 Å². The molecule has 55 heavy (non-hydrogen) atoms. The summed E-state index contributed by atoms with van der Waals surface area (Å²) in [5.41, 5.74) is 3.15. The number of aryl methyl sites for hydroxylation is 3. The Balaban J connectivity index is 1.15. The molecule has 1 saturated carbocycles. The summed E-state index contributed by atoms with van der Waals surface area (Å²) >= 11 is 7.89. The molecular formula is C43H39ClN4O6S. The van der Waals surface area contributed by atoms with Crippen LogP contribution in [0.15, 0.2) is 78.4 Å². The van der Waals surface area contributed by atoms with Gasteiger partial charge >= 0.3 is 0 Å². The van der Waals surface area contributed by atoms with Crippen molar-refractivity contribution in [2.45, 2.75) is 46.0 Å². The molecule has 2 aliphatic carbocycles. The molecule has 280 valence electrons. The molecule has 12 heteroatoms. The van der Waals surface area contributed by atoms with Crippen molar-refractivity contribution in [3.8, 4) is 22.1 Å². The molecule has 2 aliphatic heterocycles. The van der Waals surface area contributed by atoms with Crippen LogP contribution in [0.3, 0.4) is 0 Å². The average Bonchev–Trinajstić information content (AvgIpc) is 3.85. The number of imide groups is 2. The number of thiophene rings is 1. The highest BCUT2D eigenvalue weighted by molar-refractivity contribution is 7.22. The largest absolute Gasteiger partial charge is 0.508 e. The van der Waals surface area contributed by atoms with Crippen LogP contribution in [-0.2, 0) is 32.6 Å². The zero-order valence-corrected chi connectivity index (χ0v) is 32.6. The van der Waals surface area contributed by atoms with E-state index >= 15 is 4.79 Å². The van der Waals surface area contributed by atoms with Crippen LogP contribution < -0.4 is 14.5 Å². The first-order valence-corrected chi connectivity index (χ1v) is 19.7. The number of hydrogen-bond acceptors (Lipinski definition) is 8. The minimum atomic E-state index is -1.34. The molecule has 6 atom stereocenters. The number of anilines is 2. The number of phenols is 1. The SMILES string of the molecule is CCc1ccc(N2C(=O)[C@H]3[C@H](CC=C4[C@H]3C[C@H]3C(=O)N(c5cc(-c6sc7ccc(Cl)cc7c6C)nn5C)C(=O)[C@@]3(C)[C@H]4c3ccc(OC)cc3O)C2=O)cc1. The first-order valence-electron chi connectivity index (χ1n) is 18.5. The number of hydrogen-bond donors (Lipinski definition) is 1. The number of carbonyl (C=O) groups excluding carboxylic acids is 4. The Labute approximate surface area is 326 Å². The lowest BCUT2D eigenvalue weighted by molar-refractivity contribution is -0.131. The molecule has 2 aromatic heterocycles. The van der Waals surface area contributed by atoms with Gasteiger partial charge in [0.25, 0.3) is 0 Å². The van der Waals surface area contributed by atoms with Gasteiger partial charge in [0.15, 0.2) is 0 Å². The Morgan fingerprint density at radius 3 is 2.44 bits per heavy atom. The molecule has 0 radical (unpaired) electrons. The maximum Gasteiger partial charge on any atom is 0.242 e. The number of aromatic hydroxyl groups is 1. The van der Waals surface area contributed by atoms with Gasteiger partial charge in [-0.25, -0.2) is 4.90 Å². The number of phenolic OH excluding ortho intramolecular Hbond substituents is 1. The van der Waals surface area contributed by atoms with Gasteiger partial charge in [-0.3, -0.25) is 28.8 Å². The van der Waals surface area contributed by atoms with Gasteiger partial charge in [-0.1, -0.05) is 48.4 Å². The lowest BCUT2D eigenvalue weighted by Gasteiger charge is -2.49. The molecule has 1 N–H and O–H groups in total. The fraction of sp³-hybridized carbons (Fsp3) is 0.326. The second-order valence-corrected chi connectivity index (χ2v) is 16.8. The number of nitrogens with zero attached hydrogens (tertiary/aromatic N) is 4. The summed E-state index contributed by atoms with van der Waals surface area (Å²) < 4.78 is 8.00. The minimum absolute atomic E-state index is 0.0821. The number of carbonyl (C=O) groups is 4. The van der Waals surface area contributed by atoms with Crippen molar-refractivity contribution in [2.24, 2.45) is 36.1 Å². The van der Waals surface area contributed by atoms with Gasteiger partial charge < -0.3 is 9.84 Å². The zero-order valence-electron chi connectivity index (χ0n) is 31.0. The third kappa shape index (κ3) is 5.01. The Kier molecular flexibility index (Phi) is 8.15. The standard InChI is InChI=1S/C43H39ClN4O6S/c1-6-22-7-10-24(11-8-22)47-39(50)28-15-14-26-30(36(28)41(47)52)19-31-40(51)48(42(53)43(31,3)37(26)27-13-12-25(54-5)18-33(27)49)35-20-32(45-46(35)4)38-21(2)29-17-23(44)9-16-34(29)55-38/h7-14,16-18,20,28,30-31,36-37,49H,6,15,19H2,1-5H3/t28-,30+,31-,36-,37+,43+/m0/s1. The lowest BCUT2D eigenvalue weighted by atomic mass is 9.51. The molecule has 10 nitrogen and oxygen atoms in total. The number of methoxy groups -OCH3 is 1. The highest BCUT2D eigenvalue weighted by Gasteiger charge is 2.68. The number of allylic oxidation sites excluding steroid dienone is 2. The first kappa shape index (κ1) is 35.4. The Hall–Kier alpha value is -5.26. The summed E-state index contributed by atoms with van der Waals surface area (Å²) in [7, 11) is 3.22. The van der Waals surface area contributed by atoms with E-state index in [1.165, 1.54) is 23.0 Å². The molecule has 3 fully saturated rings. The van der Waals surface area contributed by atoms with Crippen LogP contribution in [0.4, 0.5) is 11.5 Å². The monoisotopic (exact) mass is 774 g/mol. The number of amides is 4. The molecule has 3 aromatic carbocycles. The molecule has 2 saturated heterocycles. The molecule has 5 aromatic rings. The van der Waals surface area contributed by atoms with Crippen LogP contribution in [0.2, 0.25) is 5.02 Å². The van der Waals surface area contributed by atoms with E-state index in [4.69, 9.17) is 21.4 Å². The van der Waals surface area contributed by atoms with E-state index in [0.717, 1.165) is 38.1 Å². The zero-order chi connectivity index (χ0) is 38.7. The Morgan fingerprint density at radius 1 is 0.964 bits per heavy atom. The van der Waals surface area contributed by atoms with Crippen molar-refractivity contribution in [3.63, 3.8) is 0 Å². The highest BCUT2D eigenvalue weighted by atomic mass is 35.5. The smallest absolute Gasteiger partial charge is 0.242 e. The third-order valence-electron chi connectivity index (χ3n) is 12.6. The van der Waals surface area contributed by atoms with Crippen LogP contribution in [0.1, 0.15) is 49.3 Å². The molecular weight excluding hydrogens is 736 g/mol. The molecule has 4 aliphatic rings. The summed E-state index contributed by atoms with van der Waals surface area (Å²) in [5.74, 6) is -4.18. The van der Waals surface area contributed by atoms with Crippen LogP contribution in [-0.4, -0.2) is 45.6 Å². The van der Waals surface area contributed by atoms with Gasteiger partial charge in [0, 0.05) is 40.4 Å². The van der Waals surface area contributed by atoms with E-state index in [9.17, 15) is 19.5 Å². The summed E-state index contributed by atoms with van der Waals surface area (Å²) in [4.78, 5) is 62.0. The van der Waals surface area contributed by atoms with E-state index in [1.54, 1.807) is 48.2 Å². The number of rotatable bonds is 6. The normalized spacial score (nSPS) is 26.1. The van der Waals surface area contributed by atoms with Crippen molar-refractivity contribution in [3.05, 3.63) is 100 Å². The summed E-state index contributed by atoms with van der Waals surface area (Å²) in [6.07, 6.45) is 3.30. The molecule has 4 heterocycles.